The predicted molar refractivity (Wildman–Crippen MR) is 182 cm³/mol. The van der Waals surface area contributed by atoms with Gasteiger partial charge in [0, 0.05) is 13.1 Å². The molecule has 0 aromatic heterocycles. The van der Waals surface area contributed by atoms with Crippen LogP contribution in [0.2, 0.25) is 0 Å². The van der Waals surface area contributed by atoms with Crippen LogP contribution in [0.5, 0.6) is 0 Å². The van der Waals surface area contributed by atoms with Crippen LogP contribution in [0.4, 0.5) is 9.59 Å². The van der Waals surface area contributed by atoms with Crippen molar-refractivity contribution in [3.63, 3.8) is 0 Å². The van der Waals surface area contributed by atoms with Crippen molar-refractivity contribution in [3.05, 3.63) is 83.9 Å². The van der Waals surface area contributed by atoms with Crippen LogP contribution in [0, 0.1) is 0 Å². The van der Waals surface area contributed by atoms with Gasteiger partial charge in [-0.15, -0.1) is 4.99 Å². The van der Waals surface area contributed by atoms with Gasteiger partial charge in [-0.05, 0) is 68.4 Å². The molecule has 4 N–H and O–H groups in total. The van der Waals surface area contributed by atoms with E-state index in [1.54, 1.807) is 45.0 Å². The Bertz CT molecular complexity index is 1730. The number of nitrogens with zero attached hydrogens (tertiary/aromatic N) is 3. The molecule has 0 radical (unpaired) electrons. The van der Waals surface area contributed by atoms with Crippen molar-refractivity contribution in [1.29, 1.82) is 0 Å². The second-order valence-corrected chi connectivity index (χ2v) is 13.0. The maximum Gasteiger partial charge on any atom is 0.437 e. The second-order valence-electron chi connectivity index (χ2n) is 13.0. The van der Waals surface area contributed by atoms with Crippen LogP contribution in [0.25, 0.3) is 10.8 Å². The number of alkyl carbamates (subject to hydrolysis) is 1. The maximum absolute atomic E-state index is 14.3. The number of fused-ring (bicyclic) bond motifs is 1. The summed E-state index contributed by atoms with van der Waals surface area (Å²) in [6.07, 6.45) is 0.0345. The Morgan fingerprint density at radius 3 is 2.39 bits per heavy atom. The lowest BCUT2D eigenvalue weighted by Gasteiger charge is -2.34. The van der Waals surface area contributed by atoms with E-state index in [-0.39, 0.29) is 25.7 Å². The van der Waals surface area contributed by atoms with E-state index in [2.05, 4.69) is 15.6 Å². The van der Waals surface area contributed by atoms with Gasteiger partial charge in [-0.25, -0.2) is 9.59 Å². The highest BCUT2D eigenvalue weighted by atomic mass is 16.6. The maximum atomic E-state index is 14.3. The number of aliphatic imine (C=N–C) groups is 1. The van der Waals surface area contributed by atoms with Crippen molar-refractivity contribution in [3.8, 4) is 0 Å². The van der Waals surface area contributed by atoms with E-state index in [1.165, 1.54) is 4.90 Å². The van der Waals surface area contributed by atoms with E-state index in [9.17, 15) is 24.0 Å². The molecule has 5 rings (SSSR count). The molecule has 3 aromatic carbocycles. The van der Waals surface area contributed by atoms with Crippen molar-refractivity contribution >= 4 is 46.6 Å². The first-order chi connectivity index (χ1) is 23.4. The van der Waals surface area contributed by atoms with Crippen LogP contribution in [-0.2, 0) is 30.5 Å². The topological polar surface area (TPSA) is 173 Å². The number of ether oxygens (including phenoxy) is 2. The standard InChI is InChI=1S/C36H42N6O7/c1-36(2,3)49-35(47)39-29(26-17-9-15-24-14-7-8-16-25(24)26)32(45)41-20-11-19-28(41)30(43)38-27-18-10-21-42(31(27)44)33(37)40-34(46)48-22-23-12-5-4-6-13-23/h4-9,12-17,27-29H,10-11,18-22H2,1-3H3,(H,38,43)(H,39,47)(H2,37,40,46)/t27-,28-,29-/m0/s1. The lowest BCUT2D eigenvalue weighted by Crippen LogP contribution is -2.58. The number of hydrogen-bond acceptors (Lipinski definition) is 7. The lowest BCUT2D eigenvalue weighted by molar-refractivity contribution is -0.142. The van der Waals surface area contributed by atoms with E-state index >= 15 is 0 Å². The van der Waals surface area contributed by atoms with Gasteiger partial charge in [0.2, 0.25) is 11.9 Å². The van der Waals surface area contributed by atoms with Crippen LogP contribution in [-0.4, -0.2) is 76.4 Å². The van der Waals surface area contributed by atoms with Gasteiger partial charge >= 0.3 is 12.2 Å². The summed E-state index contributed by atoms with van der Waals surface area (Å²) in [6, 6.07) is 19.1. The van der Waals surface area contributed by atoms with Crippen molar-refractivity contribution in [2.75, 3.05) is 13.1 Å². The Morgan fingerprint density at radius 1 is 0.939 bits per heavy atom. The van der Waals surface area contributed by atoms with Gasteiger partial charge < -0.3 is 30.7 Å². The summed E-state index contributed by atoms with van der Waals surface area (Å²) >= 11 is 0. The molecule has 0 bridgehead atoms. The van der Waals surface area contributed by atoms with E-state index in [0.717, 1.165) is 21.2 Å². The number of benzene rings is 3. The molecular weight excluding hydrogens is 628 g/mol. The Balaban J connectivity index is 1.29. The third-order valence-electron chi connectivity index (χ3n) is 8.32. The molecule has 2 aliphatic heterocycles. The fraction of sp³-hybridized carbons (Fsp3) is 0.389. The zero-order valence-corrected chi connectivity index (χ0v) is 27.9. The van der Waals surface area contributed by atoms with E-state index in [0.29, 0.717) is 31.2 Å². The lowest BCUT2D eigenvalue weighted by atomic mass is 9.97. The zero-order valence-electron chi connectivity index (χ0n) is 27.9. The number of amides is 5. The number of nitrogens with one attached hydrogen (secondary N) is 2. The van der Waals surface area contributed by atoms with Gasteiger partial charge in [0.25, 0.3) is 11.8 Å². The molecular formula is C36H42N6O7. The Morgan fingerprint density at radius 2 is 1.63 bits per heavy atom. The minimum Gasteiger partial charge on any atom is -0.444 e. The van der Waals surface area contributed by atoms with Gasteiger partial charge in [0.1, 0.15) is 30.3 Å². The van der Waals surface area contributed by atoms with Gasteiger partial charge in [-0.3, -0.25) is 19.3 Å². The molecule has 2 heterocycles. The Kier molecular flexibility index (Phi) is 10.8. The van der Waals surface area contributed by atoms with E-state index in [1.807, 2.05) is 48.5 Å². The molecule has 13 nitrogen and oxygen atoms in total. The zero-order chi connectivity index (χ0) is 35.1. The predicted octanol–water partition coefficient (Wildman–Crippen LogP) is 4.16. The van der Waals surface area contributed by atoms with Crippen molar-refractivity contribution < 1.29 is 33.4 Å². The summed E-state index contributed by atoms with van der Waals surface area (Å²) in [6.45, 7) is 5.68. The Labute approximate surface area is 284 Å². The molecule has 2 saturated heterocycles. The molecule has 0 aliphatic carbocycles. The highest BCUT2D eigenvalue weighted by Gasteiger charge is 2.41. The van der Waals surface area contributed by atoms with Crippen LogP contribution in [0.1, 0.15) is 63.6 Å². The number of rotatable bonds is 7. The van der Waals surface area contributed by atoms with Gasteiger partial charge in [-0.2, -0.15) is 0 Å². The van der Waals surface area contributed by atoms with E-state index < -0.39 is 53.6 Å². The summed E-state index contributed by atoms with van der Waals surface area (Å²) in [5.41, 5.74) is 6.57. The fourth-order valence-corrected chi connectivity index (χ4v) is 6.08. The average molecular weight is 671 g/mol. The first kappa shape index (κ1) is 34.9. The molecule has 3 atom stereocenters. The summed E-state index contributed by atoms with van der Waals surface area (Å²) in [5, 5.41) is 7.20. The summed E-state index contributed by atoms with van der Waals surface area (Å²) < 4.78 is 10.7. The Hall–Kier alpha value is -5.46. The highest BCUT2D eigenvalue weighted by molar-refractivity contribution is 6.04. The molecule has 3 aromatic rings. The molecule has 49 heavy (non-hydrogen) atoms. The molecule has 0 unspecified atom stereocenters. The average Bonchev–Trinajstić information content (AvgIpc) is 3.57. The largest absolute Gasteiger partial charge is 0.444 e. The SMILES string of the molecule is CC(C)(C)OC(=O)N[C@H](C(=O)N1CCC[C@H]1C(=O)N[C@H]1CCCN(/C(N)=N\C(=O)OCc2ccccc2)C1=O)c1cccc2ccccc12. The first-order valence-electron chi connectivity index (χ1n) is 16.4. The van der Waals surface area contributed by atoms with Crippen molar-refractivity contribution in [1.82, 2.24) is 20.4 Å². The quantitative estimate of drug-likeness (QED) is 0.248. The number of likely N-dealkylation sites (tertiary alicyclic amines) is 2. The fourth-order valence-electron chi connectivity index (χ4n) is 6.08. The summed E-state index contributed by atoms with van der Waals surface area (Å²) in [4.78, 5) is 73.0. The van der Waals surface area contributed by atoms with Gasteiger partial charge in [0.05, 0.1) is 0 Å². The minimum absolute atomic E-state index is 0.00562. The van der Waals surface area contributed by atoms with Crippen molar-refractivity contribution in [2.45, 2.75) is 76.8 Å². The number of carbonyl (C=O) groups is 5. The van der Waals surface area contributed by atoms with Crippen LogP contribution in [0.15, 0.2) is 77.8 Å². The number of guanidine groups is 1. The number of hydrogen-bond donors (Lipinski definition) is 3. The third-order valence-corrected chi connectivity index (χ3v) is 8.32. The normalized spacial score (nSPS) is 18.9. The third kappa shape index (κ3) is 8.72. The molecule has 2 fully saturated rings. The number of piperidine rings is 1. The van der Waals surface area contributed by atoms with Crippen LogP contribution < -0.4 is 16.4 Å². The smallest absolute Gasteiger partial charge is 0.437 e. The van der Waals surface area contributed by atoms with Gasteiger partial charge in [-0.1, -0.05) is 72.8 Å². The summed E-state index contributed by atoms with van der Waals surface area (Å²) in [5.74, 6) is -1.82. The monoisotopic (exact) mass is 670 g/mol. The molecule has 5 amide bonds. The van der Waals surface area contributed by atoms with Crippen molar-refractivity contribution in [2.24, 2.45) is 10.7 Å². The number of carbonyl (C=O) groups excluding carboxylic acids is 5. The first-order valence-corrected chi connectivity index (χ1v) is 16.4. The number of nitrogens with two attached hydrogens (primary N) is 1. The van der Waals surface area contributed by atoms with Gasteiger partial charge in [0.15, 0.2) is 0 Å². The van der Waals surface area contributed by atoms with E-state index in [4.69, 9.17) is 15.2 Å². The van der Waals surface area contributed by atoms with Crippen LogP contribution in [0.3, 0.4) is 0 Å². The minimum atomic E-state index is -1.14. The molecule has 258 valence electrons. The van der Waals surface area contributed by atoms with Crippen LogP contribution >= 0.6 is 0 Å². The molecule has 2 aliphatic rings. The molecule has 13 heteroatoms. The summed E-state index contributed by atoms with van der Waals surface area (Å²) in [7, 11) is 0. The second kappa shape index (κ2) is 15.2. The molecule has 0 spiro atoms. The highest BCUT2D eigenvalue weighted by Crippen LogP contribution is 2.29. The molecule has 0 saturated carbocycles.